The number of ether oxygens (including phenoxy) is 1. The molecule has 0 saturated heterocycles. The van der Waals surface area contributed by atoms with Gasteiger partial charge in [0.1, 0.15) is 0 Å². The molecule has 2 atom stereocenters. The van der Waals surface area contributed by atoms with Crippen LogP contribution in [0.2, 0.25) is 0 Å². The summed E-state index contributed by atoms with van der Waals surface area (Å²) in [6.07, 6.45) is 0. The van der Waals surface area contributed by atoms with E-state index in [1.807, 2.05) is 49.4 Å². The highest BCUT2D eigenvalue weighted by molar-refractivity contribution is 5.84. The van der Waals surface area contributed by atoms with Gasteiger partial charge in [-0.25, -0.2) is 4.79 Å². The molecule has 2 aromatic rings. The fraction of sp³-hybridized carbons (Fsp3) is 0.353. The molecule has 0 aliphatic heterocycles. The van der Waals surface area contributed by atoms with Gasteiger partial charge in [0, 0.05) is 5.92 Å². The van der Waals surface area contributed by atoms with E-state index in [4.69, 9.17) is 4.74 Å². The third-order valence-electron chi connectivity index (χ3n) is 3.81. The largest absolute Gasteiger partial charge is 0.464 e. The maximum Gasteiger partial charge on any atom is 0.338 e. The minimum atomic E-state index is -1.53. The van der Waals surface area contributed by atoms with Crippen LogP contribution in [0.25, 0.3) is 10.8 Å². The van der Waals surface area contributed by atoms with Crippen LogP contribution in [0.5, 0.6) is 0 Å². The first kappa shape index (κ1) is 14.5. The summed E-state index contributed by atoms with van der Waals surface area (Å²) < 4.78 is 4.95. The normalized spacial score (nSPS) is 15.6. The number of benzene rings is 2. The van der Waals surface area contributed by atoms with Gasteiger partial charge in [-0.05, 0) is 30.2 Å². The Balaban J connectivity index is 2.35. The average Bonchev–Trinajstić information content (AvgIpc) is 2.46. The smallest absolute Gasteiger partial charge is 0.338 e. The van der Waals surface area contributed by atoms with E-state index in [1.54, 1.807) is 6.92 Å². The van der Waals surface area contributed by atoms with Gasteiger partial charge < -0.3 is 9.84 Å². The van der Waals surface area contributed by atoms with Crippen molar-refractivity contribution in [1.29, 1.82) is 0 Å². The van der Waals surface area contributed by atoms with Crippen LogP contribution in [-0.4, -0.2) is 23.3 Å². The van der Waals surface area contributed by atoms with Gasteiger partial charge in [-0.15, -0.1) is 0 Å². The minimum absolute atomic E-state index is 0.263. The number of aliphatic hydroxyl groups is 1. The van der Waals surface area contributed by atoms with Crippen molar-refractivity contribution in [3.63, 3.8) is 0 Å². The standard InChI is InChI=1S/C17H20O3/c1-4-20-16(18)17(3,19)12(2)14-10-9-13-7-5-6-8-15(13)11-14/h5-12,19H,4H2,1-3H3. The zero-order chi connectivity index (χ0) is 14.8. The van der Waals surface area contributed by atoms with Gasteiger partial charge in [-0.1, -0.05) is 49.4 Å². The van der Waals surface area contributed by atoms with E-state index in [1.165, 1.54) is 6.92 Å². The molecule has 0 aliphatic rings. The average molecular weight is 272 g/mol. The van der Waals surface area contributed by atoms with Crippen molar-refractivity contribution >= 4 is 16.7 Å². The zero-order valence-corrected chi connectivity index (χ0v) is 12.1. The lowest BCUT2D eigenvalue weighted by Crippen LogP contribution is -2.41. The Hall–Kier alpha value is -1.87. The molecular formula is C17H20O3. The van der Waals surface area contributed by atoms with E-state index in [-0.39, 0.29) is 12.5 Å². The maximum absolute atomic E-state index is 11.9. The Kier molecular flexibility index (Phi) is 4.09. The van der Waals surface area contributed by atoms with Crippen molar-refractivity contribution in [2.75, 3.05) is 6.61 Å². The summed E-state index contributed by atoms with van der Waals surface area (Å²) in [4.78, 5) is 11.9. The molecule has 0 saturated carbocycles. The molecule has 3 nitrogen and oxygen atoms in total. The zero-order valence-electron chi connectivity index (χ0n) is 12.1. The van der Waals surface area contributed by atoms with Crippen molar-refractivity contribution in [3.8, 4) is 0 Å². The third-order valence-corrected chi connectivity index (χ3v) is 3.81. The summed E-state index contributed by atoms with van der Waals surface area (Å²) in [7, 11) is 0. The molecule has 0 aromatic heterocycles. The lowest BCUT2D eigenvalue weighted by atomic mass is 9.84. The van der Waals surface area contributed by atoms with E-state index in [0.717, 1.165) is 16.3 Å². The van der Waals surface area contributed by atoms with Gasteiger partial charge in [-0.2, -0.15) is 0 Å². The van der Waals surface area contributed by atoms with Gasteiger partial charge in [0.05, 0.1) is 6.61 Å². The fourth-order valence-corrected chi connectivity index (χ4v) is 2.26. The number of hydrogen-bond acceptors (Lipinski definition) is 3. The first-order chi connectivity index (χ1) is 9.46. The predicted octanol–water partition coefficient (Wildman–Crippen LogP) is 3.26. The quantitative estimate of drug-likeness (QED) is 0.869. The van der Waals surface area contributed by atoms with Crippen LogP contribution >= 0.6 is 0 Å². The Morgan fingerprint density at radius 3 is 2.55 bits per heavy atom. The predicted molar refractivity (Wildman–Crippen MR) is 79.6 cm³/mol. The second-order valence-electron chi connectivity index (χ2n) is 5.20. The SMILES string of the molecule is CCOC(=O)C(C)(O)C(C)c1ccc2ccccc2c1. The lowest BCUT2D eigenvalue weighted by molar-refractivity contribution is -0.165. The molecular weight excluding hydrogens is 252 g/mol. The van der Waals surface area contributed by atoms with Crippen molar-refractivity contribution in [2.24, 2.45) is 0 Å². The Morgan fingerprint density at radius 1 is 1.25 bits per heavy atom. The highest BCUT2D eigenvalue weighted by Crippen LogP contribution is 2.31. The monoisotopic (exact) mass is 272 g/mol. The fourth-order valence-electron chi connectivity index (χ4n) is 2.26. The maximum atomic E-state index is 11.9. The van der Waals surface area contributed by atoms with Crippen LogP contribution in [0.3, 0.4) is 0 Å². The van der Waals surface area contributed by atoms with E-state index >= 15 is 0 Å². The highest BCUT2D eigenvalue weighted by atomic mass is 16.5. The molecule has 2 aromatic carbocycles. The topological polar surface area (TPSA) is 46.5 Å². The van der Waals surface area contributed by atoms with E-state index < -0.39 is 11.6 Å². The molecule has 0 radical (unpaired) electrons. The van der Waals surface area contributed by atoms with Gasteiger partial charge in [-0.3, -0.25) is 0 Å². The number of hydrogen-bond donors (Lipinski definition) is 1. The molecule has 0 amide bonds. The summed E-state index contributed by atoms with van der Waals surface area (Å²) in [6.45, 7) is 5.33. The van der Waals surface area contributed by atoms with Gasteiger partial charge in [0.2, 0.25) is 0 Å². The molecule has 0 spiro atoms. The molecule has 3 heteroatoms. The van der Waals surface area contributed by atoms with Crippen LogP contribution in [0, 0.1) is 0 Å². The molecule has 1 N–H and O–H groups in total. The number of carbonyl (C=O) groups excluding carboxylic acids is 1. The summed E-state index contributed by atoms with van der Waals surface area (Å²) in [5.41, 5.74) is -0.611. The van der Waals surface area contributed by atoms with Crippen LogP contribution in [-0.2, 0) is 9.53 Å². The molecule has 0 heterocycles. The van der Waals surface area contributed by atoms with Crippen LogP contribution in [0.4, 0.5) is 0 Å². The van der Waals surface area contributed by atoms with Crippen molar-refractivity contribution in [1.82, 2.24) is 0 Å². The highest BCUT2D eigenvalue weighted by Gasteiger charge is 2.38. The first-order valence-corrected chi connectivity index (χ1v) is 6.85. The second-order valence-corrected chi connectivity index (χ2v) is 5.20. The van der Waals surface area contributed by atoms with Crippen molar-refractivity contribution < 1.29 is 14.6 Å². The van der Waals surface area contributed by atoms with E-state index in [2.05, 4.69) is 0 Å². The van der Waals surface area contributed by atoms with Crippen LogP contribution in [0.15, 0.2) is 42.5 Å². The molecule has 106 valence electrons. The molecule has 0 aliphatic carbocycles. The molecule has 0 bridgehead atoms. The summed E-state index contributed by atoms with van der Waals surface area (Å²) in [5, 5.41) is 12.7. The van der Waals surface area contributed by atoms with Gasteiger partial charge >= 0.3 is 5.97 Å². The number of fused-ring (bicyclic) bond motifs is 1. The van der Waals surface area contributed by atoms with Crippen molar-refractivity contribution in [3.05, 3.63) is 48.0 Å². The third kappa shape index (κ3) is 2.68. The second kappa shape index (κ2) is 5.63. The molecule has 20 heavy (non-hydrogen) atoms. The molecule has 2 rings (SSSR count). The lowest BCUT2D eigenvalue weighted by Gasteiger charge is -2.28. The molecule has 0 fully saturated rings. The Bertz CT molecular complexity index is 616. The summed E-state index contributed by atoms with van der Waals surface area (Å²) >= 11 is 0. The first-order valence-electron chi connectivity index (χ1n) is 6.85. The van der Waals surface area contributed by atoms with Gasteiger partial charge in [0.15, 0.2) is 5.60 Å². The summed E-state index contributed by atoms with van der Waals surface area (Å²) in [6, 6.07) is 14.0. The number of esters is 1. The Morgan fingerprint density at radius 2 is 1.90 bits per heavy atom. The number of carbonyl (C=O) groups is 1. The van der Waals surface area contributed by atoms with E-state index in [9.17, 15) is 9.90 Å². The van der Waals surface area contributed by atoms with Gasteiger partial charge in [0.25, 0.3) is 0 Å². The van der Waals surface area contributed by atoms with Crippen LogP contribution in [0.1, 0.15) is 32.3 Å². The molecule has 2 unspecified atom stereocenters. The summed E-state index contributed by atoms with van der Waals surface area (Å²) in [5.74, 6) is -0.924. The van der Waals surface area contributed by atoms with Crippen LogP contribution < -0.4 is 0 Å². The van der Waals surface area contributed by atoms with E-state index in [0.29, 0.717) is 0 Å². The Labute approximate surface area is 119 Å². The van der Waals surface area contributed by atoms with Crippen molar-refractivity contribution in [2.45, 2.75) is 32.3 Å². The minimum Gasteiger partial charge on any atom is -0.464 e. The number of rotatable bonds is 4.